The van der Waals surface area contributed by atoms with Gasteiger partial charge in [-0.25, -0.2) is 9.82 Å². The van der Waals surface area contributed by atoms with Crippen LogP contribution < -0.4 is 10.2 Å². The second kappa shape index (κ2) is 7.74. The zero-order valence-corrected chi connectivity index (χ0v) is 13.5. The molecule has 0 unspecified atom stereocenters. The van der Waals surface area contributed by atoms with Crippen LogP contribution in [-0.4, -0.2) is 18.2 Å². The van der Waals surface area contributed by atoms with Gasteiger partial charge in [-0.1, -0.05) is 23.7 Å². The summed E-state index contributed by atoms with van der Waals surface area (Å²) in [6.45, 7) is 3.47. The van der Waals surface area contributed by atoms with E-state index in [1.54, 1.807) is 37.3 Å². The first-order valence-corrected chi connectivity index (χ1v) is 7.35. The second-order valence-corrected chi connectivity index (χ2v) is 5.39. The molecule has 0 saturated carbocycles. The number of halogens is 2. The molecule has 120 valence electrons. The number of hydrogen-bond donors (Lipinski definition) is 1. The molecular formula is C17H16ClFN2O2. The van der Waals surface area contributed by atoms with Crippen LogP contribution in [0.25, 0.3) is 0 Å². The van der Waals surface area contributed by atoms with Crippen molar-refractivity contribution in [2.45, 2.75) is 20.0 Å². The molecule has 0 aromatic heterocycles. The zero-order chi connectivity index (χ0) is 16.8. The summed E-state index contributed by atoms with van der Waals surface area (Å²) in [6, 6.07) is 10.9. The Hall–Kier alpha value is -2.40. The molecule has 0 bridgehead atoms. The standard InChI is InChI=1S/C17H16ClFN2O2/c1-11-9-14(18)5-8-16(11)23-12(2)17(22)21-20-10-13-3-6-15(19)7-4-13/h3-10,12H,1-2H3,(H,21,22)/b20-10-/t12-/m1/s1. The highest BCUT2D eigenvalue weighted by atomic mass is 35.5. The van der Waals surface area contributed by atoms with Gasteiger partial charge in [0.05, 0.1) is 6.21 Å². The lowest BCUT2D eigenvalue weighted by molar-refractivity contribution is -0.127. The fourth-order valence-corrected chi connectivity index (χ4v) is 2.03. The maximum Gasteiger partial charge on any atom is 0.280 e. The molecule has 4 nitrogen and oxygen atoms in total. The predicted octanol–water partition coefficient (Wildman–Crippen LogP) is 3.71. The van der Waals surface area contributed by atoms with Crippen LogP contribution in [0.5, 0.6) is 5.75 Å². The van der Waals surface area contributed by atoms with E-state index in [1.807, 2.05) is 6.92 Å². The highest BCUT2D eigenvalue weighted by Crippen LogP contribution is 2.22. The fraction of sp³-hybridized carbons (Fsp3) is 0.176. The van der Waals surface area contributed by atoms with Crippen LogP contribution in [0.1, 0.15) is 18.1 Å². The molecule has 1 N–H and O–H groups in total. The lowest BCUT2D eigenvalue weighted by Crippen LogP contribution is -2.33. The van der Waals surface area contributed by atoms with Crippen LogP contribution in [0.2, 0.25) is 5.02 Å². The number of hydrazone groups is 1. The van der Waals surface area contributed by atoms with Gasteiger partial charge in [0.2, 0.25) is 0 Å². The van der Waals surface area contributed by atoms with E-state index in [0.29, 0.717) is 16.3 Å². The van der Waals surface area contributed by atoms with E-state index >= 15 is 0 Å². The number of amides is 1. The monoisotopic (exact) mass is 334 g/mol. The Labute approximate surface area is 138 Å². The van der Waals surface area contributed by atoms with Crippen molar-refractivity contribution in [2.24, 2.45) is 5.10 Å². The highest BCUT2D eigenvalue weighted by molar-refractivity contribution is 6.30. The molecule has 0 aliphatic heterocycles. The summed E-state index contributed by atoms with van der Waals surface area (Å²) >= 11 is 5.88. The summed E-state index contributed by atoms with van der Waals surface area (Å²) in [4.78, 5) is 11.9. The van der Waals surface area contributed by atoms with Crippen molar-refractivity contribution < 1.29 is 13.9 Å². The van der Waals surface area contributed by atoms with Gasteiger partial charge in [-0.05, 0) is 55.3 Å². The quantitative estimate of drug-likeness (QED) is 0.669. The van der Waals surface area contributed by atoms with E-state index in [-0.39, 0.29) is 5.82 Å². The number of carbonyl (C=O) groups excluding carboxylic acids is 1. The van der Waals surface area contributed by atoms with Gasteiger partial charge in [-0.3, -0.25) is 4.79 Å². The van der Waals surface area contributed by atoms with Crippen molar-refractivity contribution in [1.82, 2.24) is 5.43 Å². The number of nitrogens with one attached hydrogen (secondary N) is 1. The SMILES string of the molecule is Cc1cc(Cl)ccc1O[C@H](C)C(=O)N/N=C\c1ccc(F)cc1. The first-order valence-electron chi connectivity index (χ1n) is 6.97. The maximum atomic E-state index is 12.8. The Morgan fingerprint density at radius 1 is 1.30 bits per heavy atom. The van der Waals surface area contributed by atoms with Gasteiger partial charge in [0.15, 0.2) is 6.10 Å². The van der Waals surface area contributed by atoms with Crippen molar-refractivity contribution in [2.75, 3.05) is 0 Å². The van der Waals surface area contributed by atoms with Gasteiger partial charge in [-0.15, -0.1) is 0 Å². The van der Waals surface area contributed by atoms with Crippen LogP contribution in [0.15, 0.2) is 47.6 Å². The van der Waals surface area contributed by atoms with Crippen LogP contribution in [-0.2, 0) is 4.79 Å². The molecule has 0 fully saturated rings. The third kappa shape index (κ3) is 5.07. The molecule has 2 rings (SSSR count). The molecule has 23 heavy (non-hydrogen) atoms. The number of aryl methyl sites for hydroxylation is 1. The van der Waals surface area contributed by atoms with Crippen LogP contribution in [0.3, 0.4) is 0 Å². The molecule has 0 aliphatic carbocycles. The first-order chi connectivity index (χ1) is 11.0. The Balaban J connectivity index is 1.90. The number of hydrogen-bond acceptors (Lipinski definition) is 3. The minimum atomic E-state index is -0.722. The Bertz CT molecular complexity index is 717. The number of nitrogens with zero attached hydrogens (tertiary/aromatic N) is 1. The van der Waals surface area contributed by atoms with Crippen LogP contribution in [0, 0.1) is 12.7 Å². The molecule has 0 heterocycles. The highest BCUT2D eigenvalue weighted by Gasteiger charge is 2.15. The first kappa shape index (κ1) is 17.0. The molecule has 0 spiro atoms. The predicted molar refractivity (Wildman–Crippen MR) is 88.4 cm³/mol. The minimum absolute atomic E-state index is 0.327. The second-order valence-electron chi connectivity index (χ2n) is 4.96. The molecule has 2 aromatic carbocycles. The Kier molecular flexibility index (Phi) is 5.71. The van der Waals surface area contributed by atoms with Crippen molar-refractivity contribution in [3.05, 3.63) is 64.4 Å². The van der Waals surface area contributed by atoms with Crippen molar-refractivity contribution in [1.29, 1.82) is 0 Å². The van der Waals surface area contributed by atoms with Gasteiger partial charge >= 0.3 is 0 Å². The molecule has 1 amide bonds. The summed E-state index contributed by atoms with van der Waals surface area (Å²) in [5, 5.41) is 4.43. The third-order valence-corrected chi connectivity index (χ3v) is 3.30. The van der Waals surface area contributed by atoms with E-state index in [9.17, 15) is 9.18 Å². The Morgan fingerprint density at radius 3 is 2.65 bits per heavy atom. The van der Waals surface area contributed by atoms with E-state index in [0.717, 1.165) is 5.56 Å². The van der Waals surface area contributed by atoms with Gasteiger partial charge in [0.1, 0.15) is 11.6 Å². The lowest BCUT2D eigenvalue weighted by Gasteiger charge is -2.14. The summed E-state index contributed by atoms with van der Waals surface area (Å²) in [6.07, 6.45) is 0.706. The summed E-state index contributed by atoms with van der Waals surface area (Å²) in [5.41, 5.74) is 3.90. The third-order valence-electron chi connectivity index (χ3n) is 3.07. The molecule has 0 aliphatic rings. The normalized spacial score (nSPS) is 12.2. The fourth-order valence-electron chi connectivity index (χ4n) is 1.80. The van der Waals surface area contributed by atoms with E-state index in [1.165, 1.54) is 18.3 Å². The van der Waals surface area contributed by atoms with Crippen molar-refractivity contribution >= 4 is 23.7 Å². The minimum Gasteiger partial charge on any atom is -0.481 e. The van der Waals surface area contributed by atoms with Gasteiger partial charge < -0.3 is 4.74 Å². The summed E-state index contributed by atoms with van der Waals surface area (Å²) in [7, 11) is 0. The average molecular weight is 335 g/mol. The van der Waals surface area contributed by atoms with Gasteiger partial charge in [0.25, 0.3) is 5.91 Å². The van der Waals surface area contributed by atoms with Gasteiger partial charge in [-0.2, -0.15) is 5.10 Å². The molecule has 6 heteroatoms. The Morgan fingerprint density at radius 2 is 2.00 bits per heavy atom. The molecule has 1 atom stereocenters. The average Bonchev–Trinajstić information content (AvgIpc) is 2.51. The number of benzene rings is 2. The number of ether oxygens (including phenoxy) is 1. The molecule has 0 radical (unpaired) electrons. The zero-order valence-electron chi connectivity index (χ0n) is 12.7. The number of rotatable bonds is 5. The van der Waals surface area contributed by atoms with Crippen LogP contribution in [0.4, 0.5) is 4.39 Å². The van der Waals surface area contributed by atoms with E-state index < -0.39 is 12.0 Å². The molecular weight excluding hydrogens is 319 g/mol. The van der Waals surface area contributed by atoms with Crippen LogP contribution >= 0.6 is 11.6 Å². The summed E-state index contributed by atoms with van der Waals surface area (Å²) in [5.74, 6) is -0.135. The summed E-state index contributed by atoms with van der Waals surface area (Å²) < 4.78 is 18.4. The van der Waals surface area contributed by atoms with E-state index in [2.05, 4.69) is 10.5 Å². The lowest BCUT2D eigenvalue weighted by atomic mass is 10.2. The largest absolute Gasteiger partial charge is 0.481 e. The topological polar surface area (TPSA) is 50.7 Å². The maximum absolute atomic E-state index is 12.8. The molecule has 2 aromatic rings. The smallest absolute Gasteiger partial charge is 0.280 e. The number of carbonyl (C=O) groups is 1. The van der Waals surface area contributed by atoms with Gasteiger partial charge in [0, 0.05) is 5.02 Å². The van der Waals surface area contributed by atoms with Crippen molar-refractivity contribution in [3.63, 3.8) is 0 Å². The molecule has 0 saturated heterocycles. The van der Waals surface area contributed by atoms with Crippen molar-refractivity contribution in [3.8, 4) is 5.75 Å². The van der Waals surface area contributed by atoms with E-state index in [4.69, 9.17) is 16.3 Å².